The van der Waals surface area contributed by atoms with Crippen LogP contribution in [0.1, 0.15) is 11.7 Å². The monoisotopic (exact) mass is 477 g/mol. The van der Waals surface area contributed by atoms with E-state index in [1.807, 2.05) is 0 Å². The molecule has 0 spiro atoms. The van der Waals surface area contributed by atoms with Crippen molar-refractivity contribution >= 4 is 31.2 Å². The lowest BCUT2D eigenvalue weighted by molar-refractivity contribution is 0.177. The molecule has 10 N–H and O–H groups in total. The lowest BCUT2D eigenvalue weighted by atomic mass is 10.1. The van der Waals surface area contributed by atoms with Crippen LogP contribution >= 0.6 is 0 Å². The number of hydrogen-bond acceptors (Lipinski definition) is 10. The summed E-state index contributed by atoms with van der Waals surface area (Å²) in [6, 6.07) is 4.26. The van der Waals surface area contributed by atoms with Crippen molar-refractivity contribution in [3.05, 3.63) is 23.8 Å². The van der Waals surface area contributed by atoms with Crippen molar-refractivity contribution in [3.8, 4) is 11.5 Å². The first kappa shape index (κ1) is 31.1. The van der Waals surface area contributed by atoms with E-state index in [2.05, 4.69) is 5.32 Å². The molecular formula is C9H19NO15S3. The minimum Gasteiger partial charge on any atom is -0.504 e. The Hall–Kier alpha value is -1.65. The van der Waals surface area contributed by atoms with Gasteiger partial charge in [0.2, 0.25) is 0 Å². The molecule has 1 unspecified atom stereocenters. The normalized spacial score (nSPS) is 12.1. The zero-order chi connectivity index (χ0) is 23.3. The second-order valence-corrected chi connectivity index (χ2v) is 6.85. The summed E-state index contributed by atoms with van der Waals surface area (Å²) in [6.45, 7) is 0.407. The fourth-order valence-corrected chi connectivity index (χ4v) is 1.06. The molecule has 1 atom stereocenters. The van der Waals surface area contributed by atoms with Gasteiger partial charge in [-0.1, -0.05) is 6.07 Å². The SMILES string of the molecule is CNCC(O)c1ccc(O)c(O)c1.O=S(=O)(O)O.O=S(=O)(O)O.O=S(=O)(O)O. The second-order valence-electron chi connectivity index (χ2n) is 4.17. The van der Waals surface area contributed by atoms with Gasteiger partial charge in [-0.2, -0.15) is 25.3 Å². The number of benzene rings is 1. The Morgan fingerprint density at radius 2 is 1.11 bits per heavy atom. The maximum absolute atomic E-state index is 9.48. The van der Waals surface area contributed by atoms with E-state index in [0.29, 0.717) is 12.1 Å². The number of hydrogen-bond donors (Lipinski definition) is 10. The Bertz CT molecular complexity index is 782. The van der Waals surface area contributed by atoms with E-state index in [1.54, 1.807) is 13.1 Å². The molecule has 0 bridgehead atoms. The number of likely N-dealkylation sites (N-methyl/N-ethyl adjacent to an activating group) is 1. The fraction of sp³-hybridized carbons (Fsp3) is 0.333. The van der Waals surface area contributed by atoms with Crippen LogP contribution in [0.4, 0.5) is 0 Å². The summed E-state index contributed by atoms with van der Waals surface area (Å²) in [5, 5.41) is 30.4. The van der Waals surface area contributed by atoms with E-state index in [4.69, 9.17) is 62.8 Å². The van der Waals surface area contributed by atoms with Crippen molar-refractivity contribution in [1.29, 1.82) is 0 Å². The maximum atomic E-state index is 9.48. The van der Waals surface area contributed by atoms with Gasteiger partial charge >= 0.3 is 31.2 Å². The van der Waals surface area contributed by atoms with Crippen LogP contribution in [0.25, 0.3) is 0 Å². The molecule has 0 aromatic heterocycles. The summed E-state index contributed by atoms with van der Waals surface area (Å²) in [4.78, 5) is 0. The molecule has 0 amide bonds. The molecule has 0 fully saturated rings. The molecule has 0 saturated carbocycles. The second kappa shape index (κ2) is 13.5. The highest BCUT2D eigenvalue weighted by Gasteiger charge is 2.08. The van der Waals surface area contributed by atoms with Gasteiger partial charge in [0.1, 0.15) is 0 Å². The number of aromatic hydroxyl groups is 2. The van der Waals surface area contributed by atoms with Gasteiger partial charge < -0.3 is 20.6 Å². The number of aliphatic hydroxyl groups is 1. The third-order valence-electron chi connectivity index (χ3n) is 1.78. The molecule has 0 aliphatic heterocycles. The van der Waals surface area contributed by atoms with Crippen LogP contribution in [0.15, 0.2) is 18.2 Å². The molecule has 0 heterocycles. The van der Waals surface area contributed by atoms with Gasteiger partial charge in [0, 0.05) is 6.54 Å². The first-order valence-electron chi connectivity index (χ1n) is 6.09. The third-order valence-corrected chi connectivity index (χ3v) is 1.78. The lowest BCUT2D eigenvalue weighted by Gasteiger charge is -2.10. The summed E-state index contributed by atoms with van der Waals surface area (Å²) < 4.78 is 94.8. The van der Waals surface area contributed by atoms with Crippen LogP contribution in [0.3, 0.4) is 0 Å². The van der Waals surface area contributed by atoms with Crippen molar-refractivity contribution in [2.24, 2.45) is 0 Å². The molecule has 16 nitrogen and oxygen atoms in total. The number of phenols is 2. The van der Waals surface area contributed by atoms with Gasteiger partial charge in [-0.15, -0.1) is 0 Å². The molecule has 0 saturated heterocycles. The minimum absolute atomic E-state index is 0.180. The van der Waals surface area contributed by atoms with E-state index < -0.39 is 37.3 Å². The molecule has 19 heteroatoms. The Labute approximate surface area is 159 Å². The van der Waals surface area contributed by atoms with Gasteiger partial charge in [0.05, 0.1) is 6.10 Å². The van der Waals surface area contributed by atoms with Crippen molar-refractivity contribution in [3.63, 3.8) is 0 Å². The third kappa shape index (κ3) is 39.4. The standard InChI is InChI=1S/C9H13NO3.3H2O4S/c1-10-5-9(13)6-2-3-7(11)8(12)4-6;3*1-5(2,3)4/h2-4,9-13H,5H2,1H3;3*(H2,1,2,3,4). The Morgan fingerprint density at radius 1 is 0.786 bits per heavy atom. The molecule has 0 radical (unpaired) electrons. The zero-order valence-electron chi connectivity index (χ0n) is 13.7. The van der Waals surface area contributed by atoms with E-state index in [-0.39, 0.29) is 11.5 Å². The summed E-state index contributed by atoms with van der Waals surface area (Å²) in [5.74, 6) is -0.395. The molecule has 1 rings (SSSR count). The van der Waals surface area contributed by atoms with Crippen LogP contribution in [0, 0.1) is 0 Å². The predicted octanol–water partition coefficient (Wildman–Crippen LogP) is -1.61. The molecule has 0 aliphatic rings. The Balaban J connectivity index is -0.000000347. The zero-order valence-corrected chi connectivity index (χ0v) is 16.2. The van der Waals surface area contributed by atoms with E-state index >= 15 is 0 Å². The fourth-order valence-electron chi connectivity index (χ4n) is 1.06. The van der Waals surface area contributed by atoms with Crippen molar-refractivity contribution in [1.82, 2.24) is 5.32 Å². The molecular weight excluding hydrogens is 458 g/mol. The van der Waals surface area contributed by atoms with Crippen LogP contribution in [-0.4, -0.2) is 81.5 Å². The molecule has 1 aromatic rings. The van der Waals surface area contributed by atoms with Crippen LogP contribution in [0.2, 0.25) is 0 Å². The van der Waals surface area contributed by atoms with Crippen LogP contribution < -0.4 is 5.32 Å². The molecule has 28 heavy (non-hydrogen) atoms. The average Bonchev–Trinajstić information content (AvgIpc) is 2.36. The van der Waals surface area contributed by atoms with Gasteiger partial charge in [0.25, 0.3) is 0 Å². The Kier molecular flexibility index (Phi) is 15.0. The largest absolute Gasteiger partial charge is 0.504 e. The highest BCUT2D eigenvalue weighted by atomic mass is 32.3. The predicted molar refractivity (Wildman–Crippen MR) is 91.2 cm³/mol. The summed E-state index contributed by atoms with van der Waals surface area (Å²) in [6.07, 6.45) is -0.670. The summed E-state index contributed by atoms with van der Waals surface area (Å²) in [7, 11) is -12.3. The molecule has 0 aliphatic carbocycles. The van der Waals surface area contributed by atoms with Gasteiger partial charge in [-0.25, -0.2) is 0 Å². The number of nitrogens with one attached hydrogen (secondary N) is 1. The van der Waals surface area contributed by atoms with Crippen molar-refractivity contribution < 1.29 is 67.9 Å². The highest BCUT2D eigenvalue weighted by Crippen LogP contribution is 2.27. The quantitative estimate of drug-likeness (QED) is 0.173. The van der Waals surface area contributed by atoms with Crippen molar-refractivity contribution in [2.45, 2.75) is 6.10 Å². The number of aliphatic hydroxyl groups excluding tert-OH is 1. The van der Waals surface area contributed by atoms with Gasteiger partial charge in [0.15, 0.2) is 11.5 Å². The highest BCUT2D eigenvalue weighted by molar-refractivity contribution is 7.80. The number of rotatable bonds is 3. The van der Waals surface area contributed by atoms with Crippen molar-refractivity contribution in [2.75, 3.05) is 13.6 Å². The topological polar surface area (TPSA) is 297 Å². The van der Waals surface area contributed by atoms with Gasteiger partial charge in [-0.05, 0) is 24.7 Å². The van der Waals surface area contributed by atoms with Gasteiger partial charge in [-0.3, -0.25) is 27.3 Å². The van der Waals surface area contributed by atoms with Crippen LogP contribution in [-0.2, 0) is 31.2 Å². The Morgan fingerprint density at radius 3 is 1.36 bits per heavy atom. The summed E-state index contributed by atoms with van der Waals surface area (Å²) in [5.41, 5.74) is 0.574. The molecule has 168 valence electrons. The van der Waals surface area contributed by atoms with Crippen LogP contribution in [0.5, 0.6) is 11.5 Å². The van der Waals surface area contributed by atoms with E-state index in [0.717, 1.165) is 0 Å². The summed E-state index contributed by atoms with van der Waals surface area (Å²) >= 11 is 0. The molecule has 1 aromatic carbocycles. The maximum Gasteiger partial charge on any atom is 0.394 e. The van der Waals surface area contributed by atoms with E-state index in [9.17, 15) is 5.11 Å². The lowest BCUT2D eigenvalue weighted by Crippen LogP contribution is -2.16. The number of phenolic OH excluding ortho intramolecular Hbond substituents is 2. The first-order chi connectivity index (χ1) is 12.1. The van der Waals surface area contributed by atoms with E-state index in [1.165, 1.54) is 12.1 Å². The smallest absolute Gasteiger partial charge is 0.394 e. The minimum atomic E-state index is -4.67. The average molecular weight is 477 g/mol. The first-order valence-corrected chi connectivity index (χ1v) is 10.3.